The highest BCUT2D eigenvalue weighted by Gasteiger charge is 2.18. The molecule has 3 rings (SSSR count). The van der Waals surface area contributed by atoms with Crippen LogP contribution in [0.3, 0.4) is 0 Å². The lowest BCUT2D eigenvalue weighted by molar-refractivity contribution is 0.127. The molecule has 1 atom stereocenters. The lowest BCUT2D eigenvalue weighted by atomic mass is 9.96. The molecule has 100 valence electrons. The van der Waals surface area contributed by atoms with E-state index in [1.165, 1.54) is 29.2 Å². The highest BCUT2D eigenvalue weighted by molar-refractivity contribution is 5.89. The van der Waals surface area contributed by atoms with Crippen molar-refractivity contribution in [1.29, 1.82) is 0 Å². The standard InChI is InChI=1S/C17H21NO/c1-13-6-4-7-14-8-5-9-15(17(13)14)16(19)12-18-10-2-3-11-18/h4-9,16,19H,2-3,10-12H2,1H3/t16-/m0/s1. The number of β-amino-alcohol motifs (C(OH)–C–C–N with tert-alkyl or cyclic N) is 1. The van der Waals surface area contributed by atoms with Crippen LogP contribution < -0.4 is 0 Å². The summed E-state index contributed by atoms with van der Waals surface area (Å²) < 4.78 is 0. The van der Waals surface area contributed by atoms with Crippen molar-refractivity contribution in [2.75, 3.05) is 19.6 Å². The number of aliphatic hydroxyl groups excluding tert-OH is 1. The largest absolute Gasteiger partial charge is 0.387 e. The Hall–Kier alpha value is -1.38. The Morgan fingerprint density at radius 3 is 2.53 bits per heavy atom. The number of likely N-dealkylation sites (tertiary alicyclic amines) is 1. The van der Waals surface area contributed by atoms with Gasteiger partial charge in [-0.25, -0.2) is 0 Å². The van der Waals surface area contributed by atoms with Crippen LogP contribution in [-0.4, -0.2) is 29.6 Å². The van der Waals surface area contributed by atoms with Crippen LogP contribution in [0.4, 0.5) is 0 Å². The van der Waals surface area contributed by atoms with E-state index in [9.17, 15) is 5.11 Å². The third-order valence-electron chi connectivity index (χ3n) is 4.13. The van der Waals surface area contributed by atoms with E-state index in [1.807, 2.05) is 6.07 Å². The molecule has 1 aliphatic heterocycles. The molecular weight excluding hydrogens is 234 g/mol. The highest BCUT2D eigenvalue weighted by Crippen LogP contribution is 2.28. The molecule has 0 saturated carbocycles. The van der Waals surface area contributed by atoms with Gasteiger partial charge < -0.3 is 10.0 Å². The minimum absolute atomic E-state index is 0.386. The molecule has 1 fully saturated rings. The second kappa shape index (κ2) is 5.32. The van der Waals surface area contributed by atoms with Crippen LogP contribution >= 0.6 is 0 Å². The summed E-state index contributed by atoms with van der Waals surface area (Å²) in [6, 6.07) is 12.5. The molecule has 2 aromatic carbocycles. The third-order valence-corrected chi connectivity index (χ3v) is 4.13. The average Bonchev–Trinajstić information content (AvgIpc) is 2.91. The quantitative estimate of drug-likeness (QED) is 0.910. The van der Waals surface area contributed by atoms with Crippen molar-refractivity contribution in [2.24, 2.45) is 0 Å². The van der Waals surface area contributed by atoms with Gasteiger partial charge in [-0.15, -0.1) is 0 Å². The molecule has 0 aromatic heterocycles. The second-order valence-corrected chi connectivity index (χ2v) is 5.54. The molecule has 1 heterocycles. The zero-order chi connectivity index (χ0) is 13.2. The van der Waals surface area contributed by atoms with E-state index in [-0.39, 0.29) is 6.10 Å². The zero-order valence-corrected chi connectivity index (χ0v) is 11.5. The molecule has 2 heteroatoms. The molecule has 1 aliphatic rings. The van der Waals surface area contributed by atoms with Gasteiger partial charge in [0.15, 0.2) is 0 Å². The van der Waals surface area contributed by atoms with Gasteiger partial charge in [0.25, 0.3) is 0 Å². The van der Waals surface area contributed by atoms with E-state index >= 15 is 0 Å². The number of aryl methyl sites for hydroxylation is 1. The minimum Gasteiger partial charge on any atom is -0.387 e. The van der Waals surface area contributed by atoms with Crippen LogP contribution in [0.15, 0.2) is 36.4 Å². The van der Waals surface area contributed by atoms with Crippen molar-refractivity contribution in [1.82, 2.24) is 4.90 Å². The Balaban J connectivity index is 1.94. The van der Waals surface area contributed by atoms with Crippen LogP contribution in [0.2, 0.25) is 0 Å². The van der Waals surface area contributed by atoms with Crippen molar-refractivity contribution in [3.63, 3.8) is 0 Å². The van der Waals surface area contributed by atoms with Crippen molar-refractivity contribution >= 4 is 10.8 Å². The molecule has 0 spiro atoms. The topological polar surface area (TPSA) is 23.5 Å². The van der Waals surface area contributed by atoms with Gasteiger partial charge in [-0.2, -0.15) is 0 Å². The summed E-state index contributed by atoms with van der Waals surface area (Å²) in [6.45, 7) is 5.13. The molecule has 0 bridgehead atoms. The smallest absolute Gasteiger partial charge is 0.0923 e. The van der Waals surface area contributed by atoms with Gasteiger partial charge in [0.2, 0.25) is 0 Å². The van der Waals surface area contributed by atoms with Crippen LogP contribution in [-0.2, 0) is 0 Å². The molecule has 0 unspecified atom stereocenters. The van der Waals surface area contributed by atoms with Crippen molar-refractivity contribution < 1.29 is 5.11 Å². The normalized spacial score (nSPS) is 18.0. The van der Waals surface area contributed by atoms with Crippen LogP contribution in [0.5, 0.6) is 0 Å². The van der Waals surface area contributed by atoms with Gasteiger partial charge in [0.05, 0.1) is 6.10 Å². The number of nitrogens with zero attached hydrogens (tertiary/aromatic N) is 1. The fraction of sp³-hybridized carbons (Fsp3) is 0.412. The van der Waals surface area contributed by atoms with E-state index in [0.29, 0.717) is 0 Å². The Labute approximate surface area is 114 Å². The summed E-state index contributed by atoms with van der Waals surface area (Å²) in [5.41, 5.74) is 2.32. The first kappa shape index (κ1) is 12.6. The fourth-order valence-corrected chi connectivity index (χ4v) is 3.15. The van der Waals surface area contributed by atoms with Gasteiger partial charge in [-0.05, 0) is 54.8 Å². The molecular formula is C17H21NO. The van der Waals surface area contributed by atoms with Gasteiger partial charge in [0, 0.05) is 6.54 Å². The summed E-state index contributed by atoms with van der Waals surface area (Å²) in [6.07, 6.45) is 2.14. The maximum absolute atomic E-state index is 10.6. The minimum atomic E-state index is -0.386. The SMILES string of the molecule is Cc1cccc2cccc([C@@H](O)CN3CCCC3)c12. The number of fused-ring (bicyclic) bond motifs is 1. The van der Waals surface area contributed by atoms with E-state index in [4.69, 9.17) is 0 Å². The third kappa shape index (κ3) is 2.51. The number of benzene rings is 2. The van der Waals surface area contributed by atoms with E-state index < -0.39 is 0 Å². The lowest BCUT2D eigenvalue weighted by Crippen LogP contribution is -2.25. The Morgan fingerprint density at radius 2 is 1.79 bits per heavy atom. The first-order chi connectivity index (χ1) is 9.25. The molecule has 0 aliphatic carbocycles. The van der Waals surface area contributed by atoms with Gasteiger partial charge in [-0.3, -0.25) is 0 Å². The molecule has 1 saturated heterocycles. The van der Waals surface area contributed by atoms with Gasteiger partial charge >= 0.3 is 0 Å². The number of hydrogen-bond donors (Lipinski definition) is 1. The summed E-state index contributed by atoms with van der Waals surface area (Å²) >= 11 is 0. The predicted octanol–water partition coefficient (Wildman–Crippen LogP) is 3.28. The maximum Gasteiger partial charge on any atom is 0.0923 e. The first-order valence-corrected chi connectivity index (χ1v) is 7.14. The van der Waals surface area contributed by atoms with Crippen LogP contribution in [0, 0.1) is 6.92 Å². The predicted molar refractivity (Wildman–Crippen MR) is 79.3 cm³/mol. The number of hydrogen-bond acceptors (Lipinski definition) is 2. The Kier molecular flexibility index (Phi) is 3.54. The molecule has 2 aromatic rings. The van der Waals surface area contributed by atoms with Crippen molar-refractivity contribution in [3.05, 3.63) is 47.5 Å². The summed E-state index contributed by atoms with van der Waals surface area (Å²) in [7, 11) is 0. The summed E-state index contributed by atoms with van der Waals surface area (Å²) in [5.74, 6) is 0. The summed E-state index contributed by atoms with van der Waals surface area (Å²) in [4.78, 5) is 2.36. The van der Waals surface area contributed by atoms with E-state index in [2.05, 4.69) is 42.2 Å². The first-order valence-electron chi connectivity index (χ1n) is 7.14. The average molecular weight is 255 g/mol. The molecule has 0 amide bonds. The van der Waals surface area contributed by atoms with Gasteiger partial charge in [0.1, 0.15) is 0 Å². The van der Waals surface area contributed by atoms with Gasteiger partial charge in [-0.1, -0.05) is 36.4 Å². The maximum atomic E-state index is 10.6. The van der Waals surface area contributed by atoms with E-state index in [0.717, 1.165) is 25.2 Å². The summed E-state index contributed by atoms with van der Waals surface area (Å²) in [5, 5.41) is 13.0. The van der Waals surface area contributed by atoms with Crippen molar-refractivity contribution in [2.45, 2.75) is 25.9 Å². The number of rotatable bonds is 3. The second-order valence-electron chi connectivity index (χ2n) is 5.54. The fourth-order valence-electron chi connectivity index (χ4n) is 3.15. The monoisotopic (exact) mass is 255 g/mol. The number of aliphatic hydroxyl groups is 1. The van der Waals surface area contributed by atoms with Crippen molar-refractivity contribution in [3.8, 4) is 0 Å². The van der Waals surface area contributed by atoms with Crippen LogP contribution in [0.1, 0.15) is 30.1 Å². The Morgan fingerprint density at radius 1 is 1.11 bits per heavy atom. The highest BCUT2D eigenvalue weighted by atomic mass is 16.3. The molecule has 0 radical (unpaired) electrons. The lowest BCUT2D eigenvalue weighted by Gasteiger charge is -2.21. The molecule has 2 nitrogen and oxygen atoms in total. The molecule has 1 N–H and O–H groups in total. The Bertz CT molecular complexity index is 567. The van der Waals surface area contributed by atoms with Crippen LogP contribution in [0.25, 0.3) is 10.8 Å². The van der Waals surface area contributed by atoms with E-state index in [1.54, 1.807) is 0 Å². The zero-order valence-electron chi connectivity index (χ0n) is 11.5. The molecule has 19 heavy (non-hydrogen) atoms.